The lowest BCUT2D eigenvalue weighted by Gasteiger charge is -2.37. The average Bonchev–Trinajstić information content (AvgIpc) is 1.68. The maximum absolute atomic E-state index is 15.6. The number of nitrogens with zero attached hydrogens (tertiary/aromatic N) is 3. The Kier molecular flexibility index (Phi) is 29.8. The largest absolute Gasteiger partial charge is 0.497 e. The fraction of sp³-hybridized carbons (Fsp3) is 0.500. The summed E-state index contributed by atoms with van der Waals surface area (Å²) in [5.41, 5.74) is 2.44. The van der Waals surface area contributed by atoms with Gasteiger partial charge in [0.05, 0.1) is 60.8 Å². The molecule has 107 heavy (non-hydrogen) atoms. The standard InChI is InChI=1S/C76H101FN14O16/c1-46-68(97)87-61(45-82-65(95)28-33-106-35-36-107-34-32-91(5,6)7)70(99)84-58-39-51-11-9-12-52(37-51)43-81-63(93)24-23-62(89(4)73(102)60(85-69(58)98)40-53-44-79-57-22-19-54(77)41-56(53)57)71(100)88-67(47(2)92)72(101)86-59(38-49-17-20-55(105-8)21-18-49)74(103)90-31-10-29-76(90,3)75(104)78-30-27-48-13-15-50(16-14-48)42-80-64(94)25-26-66(96)83-46/h9,11-22,37,41,44,46-47,58-62,67,79,92H,10,23-36,38-40,42-43,45H2,1-8H3,(H9-,78,80,81,82,83,84,85,86,87,88,93,94,95,96,97,98,99,100,101,104)/p+1/t46-,47+,58-,59-,60-,61+,62-,67-,76-/m0/s1. The summed E-state index contributed by atoms with van der Waals surface area (Å²) in [6.07, 6.45) is -1.60. The van der Waals surface area contributed by atoms with Crippen LogP contribution in [0.4, 0.5) is 4.39 Å². The average molecular weight is 1490 g/mol. The molecule has 31 heteroatoms. The van der Waals surface area contributed by atoms with Crippen molar-refractivity contribution in [3.63, 3.8) is 0 Å². The topological polar surface area (TPSA) is 395 Å². The monoisotopic (exact) mass is 1490 g/mol. The number of carbonyl (C=O) groups is 12. The van der Waals surface area contributed by atoms with E-state index in [0.717, 1.165) is 22.6 Å². The van der Waals surface area contributed by atoms with E-state index in [1.165, 1.54) is 57.3 Å². The molecule has 0 saturated carbocycles. The smallest absolute Gasteiger partial charge is 0.246 e. The zero-order valence-corrected chi connectivity index (χ0v) is 62.0. The molecule has 9 atom stereocenters. The van der Waals surface area contributed by atoms with E-state index >= 15 is 28.4 Å². The maximum atomic E-state index is 15.6. The number of ether oxygens (including phenoxy) is 3. The highest BCUT2D eigenvalue weighted by molar-refractivity contribution is 6.00. The molecule has 6 bridgehead atoms. The minimum absolute atomic E-state index is 0.0434. The molecule has 1 fully saturated rings. The Morgan fingerprint density at radius 2 is 1.33 bits per heavy atom. The molecule has 0 radical (unpaired) electrons. The van der Waals surface area contributed by atoms with Crippen molar-refractivity contribution in [1.29, 1.82) is 0 Å². The van der Waals surface area contributed by atoms with Crippen molar-refractivity contribution < 1.29 is 85.7 Å². The van der Waals surface area contributed by atoms with Gasteiger partial charge in [-0.05, 0) is 110 Å². The van der Waals surface area contributed by atoms with Crippen molar-refractivity contribution in [2.45, 2.75) is 158 Å². The first-order valence-corrected chi connectivity index (χ1v) is 36.1. The van der Waals surface area contributed by atoms with Gasteiger partial charge in [0, 0.05) is 102 Å². The van der Waals surface area contributed by atoms with Crippen LogP contribution in [-0.4, -0.2) is 237 Å². The highest BCUT2D eigenvalue weighted by Gasteiger charge is 2.48. The first kappa shape index (κ1) is 82.3. The van der Waals surface area contributed by atoms with Gasteiger partial charge in [-0.3, -0.25) is 57.5 Å². The van der Waals surface area contributed by atoms with E-state index in [-0.39, 0.29) is 84.5 Å². The fourth-order valence-electron chi connectivity index (χ4n) is 12.8. The van der Waals surface area contributed by atoms with Gasteiger partial charge in [-0.15, -0.1) is 0 Å². The summed E-state index contributed by atoms with van der Waals surface area (Å²) in [7, 11) is 8.79. The number of methoxy groups -OCH3 is 1. The van der Waals surface area contributed by atoms with E-state index in [1.54, 1.807) is 67.6 Å². The molecule has 1 saturated heterocycles. The first-order chi connectivity index (χ1) is 51.0. The normalized spacial score (nSPS) is 23.2. The lowest BCUT2D eigenvalue weighted by atomic mass is 9.95. The summed E-state index contributed by atoms with van der Waals surface area (Å²) >= 11 is 0. The molecule has 4 aliphatic heterocycles. The van der Waals surface area contributed by atoms with Gasteiger partial charge in [0.15, 0.2) is 0 Å². The number of amides is 12. The van der Waals surface area contributed by atoms with Crippen LogP contribution in [0.2, 0.25) is 0 Å². The SMILES string of the molecule is COc1ccc(C[C@@H]2NC(=O)[C@H]([C@@H](C)O)NC(=O)[C@@H]3CCC(=O)NCc4cccc(c4)C[C@H](NC(=O)[C@@H](CNC(=O)CCOCCOCC[N+](C)(C)C)NC(=O)[C@H](C)NC(=O)CCC(=O)NCc4ccc(cc4)CCNC(=O)[C@]4(C)CCCN4C2=O)C(=O)N[C@@H](Cc2c[nH]c4ccc(F)cc24)C(=O)N3C)cc1. The number of aromatic nitrogens is 1. The van der Waals surface area contributed by atoms with Gasteiger partial charge in [0.1, 0.15) is 65.9 Å². The number of benzene rings is 4. The number of fused-ring (bicyclic) bond motifs is 26. The van der Waals surface area contributed by atoms with Crippen LogP contribution in [-0.2, 0) is 106 Å². The molecule has 4 aromatic carbocycles. The van der Waals surface area contributed by atoms with Crippen LogP contribution in [0.15, 0.2) is 97.2 Å². The van der Waals surface area contributed by atoms with Crippen molar-refractivity contribution in [3.8, 4) is 5.75 Å². The molecular weight excluding hydrogens is 1380 g/mol. The quantitative estimate of drug-likeness (QED) is 0.0338. The summed E-state index contributed by atoms with van der Waals surface area (Å²) in [5.74, 6) is -9.58. The molecule has 9 rings (SSSR count). The van der Waals surface area contributed by atoms with Gasteiger partial charge in [0.25, 0.3) is 0 Å². The van der Waals surface area contributed by atoms with E-state index in [2.05, 4.69) is 58.2 Å². The summed E-state index contributed by atoms with van der Waals surface area (Å²) in [6, 6.07) is 13.2. The highest BCUT2D eigenvalue weighted by atomic mass is 19.1. The number of carbonyl (C=O) groups excluding carboxylic acids is 12. The Hall–Kier alpha value is -10.4. The number of quaternary nitrogens is 1. The number of aliphatic hydroxyl groups is 1. The van der Waals surface area contributed by atoms with E-state index in [4.69, 9.17) is 14.2 Å². The third-order valence-electron chi connectivity index (χ3n) is 19.2. The van der Waals surface area contributed by atoms with Crippen LogP contribution < -0.4 is 57.9 Å². The van der Waals surface area contributed by atoms with Gasteiger partial charge in [-0.2, -0.15) is 0 Å². The van der Waals surface area contributed by atoms with Crippen LogP contribution in [0.1, 0.15) is 99.1 Å². The molecule has 5 heterocycles. The number of aromatic amines is 1. The zero-order chi connectivity index (χ0) is 77.5. The van der Waals surface area contributed by atoms with Gasteiger partial charge < -0.3 is 91.8 Å². The Morgan fingerprint density at radius 1 is 0.673 bits per heavy atom. The molecule has 30 nitrogen and oxygen atoms in total. The molecular formula is C76H102FN14O16+. The van der Waals surface area contributed by atoms with Crippen LogP contribution in [0.3, 0.4) is 0 Å². The second-order valence-electron chi connectivity index (χ2n) is 28.6. The number of rotatable bonds is 17. The van der Waals surface area contributed by atoms with Crippen LogP contribution in [0.25, 0.3) is 10.9 Å². The Labute approximate surface area is 621 Å². The number of halogens is 1. The summed E-state index contributed by atoms with van der Waals surface area (Å²) in [4.78, 5) is 179. The number of nitrogens with one attached hydrogen (secondary N) is 11. The van der Waals surface area contributed by atoms with E-state index in [0.29, 0.717) is 62.8 Å². The highest BCUT2D eigenvalue weighted by Crippen LogP contribution is 2.31. The zero-order valence-electron chi connectivity index (χ0n) is 62.0. The van der Waals surface area contributed by atoms with Crippen molar-refractivity contribution in [3.05, 3.63) is 136 Å². The van der Waals surface area contributed by atoms with E-state index in [9.17, 15) is 38.7 Å². The molecule has 4 aliphatic rings. The maximum Gasteiger partial charge on any atom is 0.246 e. The first-order valence-electron chi connectivity index (χ1n) is 36.1. The summed E-state index contributed by atoms with van der Waals surface area (Å²) in [6.45, 7) is 5.58. The number of likely N-dealkylation sites (N-methyl/N-ethyl adjacent to an activating group) is 2. The molecule has 12 N–H and O–H groups in total. The third-order valence-corrected chi connectivity index (χ3v) is 19.2. The van der Waals surface area contributed by atoms with Crippen molar-refractivity contribution in [2.24, 2.45) is 0 Å². The Bertz CT molecular complexity index is 3980. The number of aliphatic hydroxyl groups excluding tert-OH is 1. The Balaban J connectivity index is 1.15. The van der Waals surface area contributed by atoms with Crippen molar-refractivity contribution >= 4 is 81.8 Å². The second-order valence-corrected chi connectivity index (χ2v) is 28.6. The summed E-state index contributed by atoms with van der Waals surface area (Å²) < 4.78 is 32.5. The van der Waals surface area contributed by atoms with E-state index < -0.39 is 156 Å². The van der Waals surface area contributed by atoms with Crippen LogP contribution in [0.5, 0.6) is 5.75 Å². The predicted molar refractivity (Wildman–Crippen MR) is 391 cm³/mol. The lowest BCUT2D eigenvalue weighted by molar-refractivity contribution is -0.870. The molecule has 0 unspecified atom stereocenters. The van der Waals surface area contributed by atoms with E-state index in [1.807, 2.05) is 33.3 Å². The summed E-state index contributed by atoms with van der Waals surface area (Å²) in [5, 5.41) is 39.0. The van der Waals surface area contributed by atoms with Gasteiger partial charge in [0.2, 0.25) is 70.9 Å². The molecule has 5 aromatic rings. The molecule has 12 amide bonds. The Morgan fingerprint density at radius 3 is 2.04 bits per heavy atom. The molecule has 0 spiro atoms. The van der Waals surface area contributed by atoms with Gasteiger partial charge in [-0.1, -0.05) is 60.7 Å². The van der Waals surface area contributed by atoms with Gasteiger partial charge in [-0.25, -0.2) is 4.39 Å². The molecule has 0 aliphatic carbocycles. The third kappa shape index (κ3) is 24.3. The molecule has 578 valence electrons. The minimum atomic E-state index is -1.85. The fourth-order valence-corrected chi connectivity index (χ4v) is 12.8. The predicted octanol–water partition coefficient (Wildman–Crippen LogP) is 0.286. The van der Waals surface area contributed by atoms with Crippen LogP contribution >= 0.6 is 0 Å². The number of hydrogen-bond donors (Lipinski definition) is 12. The van der Waals surface area contributed by atoms with Crippen molar-refractivity contribution in [1.82, 2.24) is 68.0 Å². The van der Waals surface area contributed by atoms with Crippen molar-refractivity contribution in [2.75, 3.05) is 87.9 Å². The second kappa shape index (κ2) is 38.8. The van der Waals surface area contributed by atoms with Gasteiger partial charge >= 0.3 is 0 Å². The minimum Gasteiger partial charge on any atom is -0.497 e. The van der Waals surface area contributed by atoms with Crippen LogP contribution in [0, 0.1) is 5.82 Å². The number of H-pyrrole nitrogens is 1. The lowest BCUT2D eigenvalue weighted by Crippen LogP contribution is -2.63. The number of hydrogen-bond acceptors (Lipinski definition) is 16. The molecule has 1 aromatic heterocycles.